The highest BCUT2D eigenvalue weighted by molar-refractivity contribution is 5.81. The van der Waals surface area contributed by atoms with Crippen molar-refractivity contribution >= 4 is 11.9 Å². The summed E-state index contributed by atoms with van der Waals surface area (Å²) in [5.74, 6) is -0.254. The summed E-state index contributed by atoms with van der Waals surface area (Å²) < 4.78 is 0. The van der Waals surface area contributed by atoms with Crippen LogP contribution >= 0.6 is 0 Å². The smallest absolute Gasteiger partial charge is 0.323 e. The van der Waals surface area contributed by atoms with Crippen LogP contribution in [-0.4, -0.2) is 41.5 Å². The van der Waals surface area contributed by atoms with Crippen molar-refractivity contribution in [2.45, 2.75) is 33.1 Å². The van der Waals surface area contributed by atoms with Crippen LogP contribution in [0.5, 0.6) is 0 Å². The molecule has 0 aliphatic rings. The molecule has 1 atom stereocenters. The third-order valence-corrected chi connectivity index (χ3v) is 3.24. The zero-order chi connectivity index (χ0) is 14.8. The second kappa shape index (κ2) is 9.55. The molecule has 0 aliphatic carbocycles. The van der Waals surface area contributed by atoms with E-state index in [9.17, 15) is 9.59 Å². The van der Waals surface area contributed by atoms with Gasteiger partial charge in [-0.1, -0.05) is 19.9 Å². The summed E-state index contributed by atoms with van der Waals surface area (Å²) in [6.45, 7) is 8.39. The van der Waals surface area contributed by atoms with E-state index >= 15 is 0 Å². The van der Waals surface area contributed by atoms with E-state index in [0.717, 1.165) is 12.8 Å². The van der Waals surface area contributed by atoms with Gasteiger partial charge in [0.25, 0.3) is 0 Å². The first-order chi connectivity index (χ1) is 8.92. The minimum absolute atomic E-state index is 0.134. The summed E-state index contributed by atoms with van der Waals surface area (Å²) in [7, 11) is 0. The van der Waals surface area contributed by atoms with E-state index in [-0.39, 0.29) is 19.0 Å². The quantitative estimate of drug-likeness (QED) is 0.589. The molecule has 0 aromatic carbocycles. The molecule has 0 bridgehead atoms. The average molecular weight is 270 g/mol. The Hall–Kier alpha value is -1.36. The van der Waals surface area contributed by atoms with Crippen molar-refractivity contribution in [3.8, 4) is 0 Å². The Morgan fingerprint density at radius 1 is 1.37 bits per heavy atom. The molecular weight excluding hydrogens is 244 g/mol. The summed E-state index contributed by atoms with van der Waals surface area (Å²) in [5, 5.41) is 8.76. The van der Waals surface area contributed by atoms with Crippen molar-refractivity contribution in [3.05, 3.63) is 12.7 Å². The number of nitrogens with zero attached hydrogens (tertiary/aromatic N) is 1. The maximum absolute atomic E-state index is 12.0. The van der Waals surface area contributed by atoms with Crippen LogP contribution in [0.1, 0.15) is 33.1 Å². The molecule has 110 valence electrons. The Morgan fingerprint density at radius 2 is 2.00 bits per heavy atom. The van der Waals surface area contributed by atoms with Crippen molar-refractivity contribution < 1.29 is 14.7 Å². The number of carboxylic acid groups (broad SMARTS) is 1. The fourth-order valence-corrected chi connectivity index (χ4v) is 2.07. The van der Waals surface area contributed by atoms with Crippen LogP contribution in [0.3, 0.4) is 0 Å². The number of nitrogens with two attached hydrogens (primary N) is 1. The van der Waals surface area contributed by atoms with Crippen molar-refractivity contribution in [2.24, 2.45) is 17.6 Å². The highest BCUT2D eigenvalue weighted by Crippen LogP contribution is 2.20. The Labute approximate surface area is 115 Å². The highest BCUT2D eigenvalue weighted by Gasteiger charge is 2.19. The SMILES string of the molecule is C=CCN(CC(=O)O)C(=O)CCC(CCN)C(C)C. The van der Waals surface area contributed by atoms with E-state index in [0.29, 0.717) is 24.8 Å². The lowest BCUT2D eigenvalue weighted by Gasteiger charge is -2.23. The zero-order valence-electron chi connectivity index (χ0n) is 12.0. The van der Waals surface area contributed by atoms with Crippen LogP contribution in [0.2, 0.25) is 0 Å². The largest absolute Gasteiger partial charge is 0.480 e. The van der Waals surface area contributed by atoms with Gasteiger partial charge in [-0.3, -0.25) is 9.59 Å². The van der Waals surface area contributed by atoms with Crippen molar-refractivity contribution in [1.82, 2.24) is 4.90 Å². The zero-order valence-corrected chi connectivity index (χ0v) is 12.0. The van der Waals surface area contributed by atoms with Crippen molar-refractivity contribution in [2.75, 3.05) is 19.6 Å². The summed E-state index contributed by atoms with van der Waals surface area (Å²) in [6, 6.07) is 0. The Bertz CT molecular complexity index is 303. The van der Waals surface area contributed by atoms with Crippen LogP contribution in [0, 0.1) is 11.8 Å². The standard InChI is InChI=1S/C14H26N2O3/c1-4-9-16(10-14(18)19)13(17)6-5-12(7-8-15)11(2)3/h4,11-12H,1,5-10,15H2,2-3H3,(H,18,19). The van der Waals surface area contributed by atoms with Gasteiger partial charge in [0.15, 0.2) is 0 Å². The number of carboxylic acids is 1. The minimum Gasteiger partial charge on any atom is -0.480 e. The fourth-order valence-electron chi connectivity index (χ4n) is 2.07. The lowest BCUT2D eigenvalue weighted by molar-refractivity contribution is -0.144. The summed E-state index contributed by atoms with van der Waals surface area (Å²) in [4.78, 5) is 24.0. The van der Waals surface area contributed by atoms with Gasteiger partial charge >= 0.3 is 5.97 Å². The Kier molecular flexibility index (Phi) is 8.87. The monoisotopic (exact) mass is 270 g/mol. The molecule has 3 N–H and O–H groups in total. The normalized spacial score (nSPS) is 12.2. The van der Waals surface area contributed by atoms with E-state index in [1.54, 1.807) is 6.08 Å². The second-order valence-electron chi connectivity index (χ2n) is 5.08. The van der Waals surface area contributed by atoms with Crippen LogP contribution in [0.15, 0.2) is 12.7 Å². The summed E-state index contributed by atoms with van der Waals surface area (Å²) in [6.07, 6.45) is 3.55. The first-order valence-electron chi connectivity index (χ1n) is 6.72. The number of carbonyl (C=O) groups is 2. The number of carbonyl (C=O) groups excluding carboxylic acids is 1. The summed E-state index contributed by atoms with van der Waals surface area (Å²) in [5.41, 5.74) is 5.56. The predicted octanol–water partition coefficient (Wildman–Crippen LogP) is 1.49. The van der Waals surface area contributed by atoms with Gasteiger partial charge in [-0.05, 0) is 31.2 Å². The third-order valence-electron chi connectivity index (χ3n) is 3.24. The molecule has 1 amide bonds. The third kappa shape index (κ3) is 7.62. The molecule has 0 aliphatic heterocycles. The van der Waals surface area contributed by atoms with E-state index in [1.165, 1.54) is 4.90 Å². The van der Waals surface area contributed by atoms with Crippen LogP contribution < -0.4 is 5.73 Å². The fraction of sp³-hybridized carbons (Fsp3) is 0.714. The predicted molar refractivity (Wildman–Crippen MR) is 75.6 cm³/mol. The molecule has 0 saturated heterocycles. The topological polar surface area (TPSA) is 83.6 Å². The van der Waals surface area contributed by atoms with Gasteiger partial charge in [0.2, 0.25) is 5.91 Å². The van der Waals surface area contributed by atoms with E-state index in [2.05, 4.69) is 20.4 Å². The highest BCUT2D eigenvalue weighted by atomic mass is 16.4. The molecule has 1 unspecified atom stereocenters. The van der Waals surface area contributed by atoms with E-state index < -0.39 is 5.97 Å². The molecule has 0 saturated carbocycles. The number of amides is 1. The maximum atomic E-state index is 12.0. The van der Waals surface area contributed by atoms with Gasteiger partial charge in [0, 0.05) is 13.0 Å². The van der Waals surface area contributed by atoms with Gasteiger partial charge in [0.1, 0.15) is 6.54 Å². The number of hydrogen-bond acceptors (Lipinski definition) is 3. The minimum atomic E-state index is -1.00. The van der Waals surface area contributed by atoms with Crippen molar-refractivity contribution in [1.29, 1.82) is 0 Å². The molecule has 5 heteroatoms. The van der Waals surface area contributed by atoms with Crippen LogP contribution in [0.4, 0.5) is 0 Å². The van der Waals surface area contributed by atoms with Crippen molar-refractivity contribution in [3.63, 3.8) is 0 Å². The van der Waals surface area contributed by atoms with Crippen LogP contribution in [0.25, 0.3) is 0 Å². The molecule has 0 fully saturated rings. The van der Waals surface area contributed by atoms with Gasteiger partial charge < -0.3 is 15.7 Å². The lowest BCUT2D eigenvalue weighted by Crippen LogP contribution is -2.36. The van der Waals surface area contributed by atoms with E-state index in [1.807, 2.05) is 0 Å². The Balaban J connectivity index is 4.37. The molecule has 0 spiro atoms. The molecule has 0 heterocycles. The maximum Gasteiger partial charge on any atom is 0.323 e. The van der Waals surface area contributed by atoms with E-state index in [4.69, 9.17) is 10.8 Å². The molecule has 0 aromatic heterocycles. The Morgan fingerprint density at radius 3 is 2.42 bits per heavy atom. The second-order valence-corrected chi connectivity index (χ2v) is 5.08. The molecule has 0 rings (SSSR count). The summed E-state index contributed by atoms with van der Waals surface area (Å²) >= 11 is 0. The molecule has 0 aromatic rings. The number of aliphatic carboxylic acids is 1. The molecular formula is C14H26N2O3. The molecule has 19 heavy (non-hydrogen) atoms. The average Bonchev–Trinajstić information content (AvgIpc) is 2.32. The molecule has 5 nitrogen and oxygen atoms in total. The molecule has 0 radical (unpaired) electrons. The number of hydrogen-bond donors (Lipinski definition) is 2. The van der Waals surface area contributed by atoms with Gasteiger partial charge in [0.05, 0.1) is 0 Å². The van der Waals surface area contributed by atoms with Gasteiger partial charge in [-0.25, -0.2) is 0 Å². The first-order valence-corrected chi connectivity index (χ1v) is 6.72. The van der Waals surface area contributed by atoms with Gasteiger partial charge in [-0.2, -0.15) is 0 Å². The van der Waals surface area contributed by atoms with Gasteiger partial charge in [-0.15, -0.1) is 6.58 Å². The lowest BCUT2D eigenvalue weighted by atomic mass is 9.88. The van der Waals surface area contributed by atoms with Crippen LogP contribution in [-0.2, 0) is 9.59 Å². The number of rotatable bonds is 10. The first kappa shape index (κ1) is 17.6.